The molecule has 0 heterocycles. The first-order chi connectivity index (χ1) is 7.11. The number of fused-ring (bicyclic) bond motifs is 1. The van der Waals surface area contributed by atoms with E-state index in [1.165, 1.54) is 24.8 Å². The van der Waals surface area contributed by atoms with Gasteiger partial charge in [-0.15, -0.1) is 11.6 Å². The third kappa shape index (κ3) is 2.55. The van der Waals surface area contributed by atoms with Gasteiger partial charge in [-0.25, -0.2) is 0 Å². The number of rotatable bonds is 3. The largest absolute Gasteiger partial charge is 0.126 e. The smallest absolute Gasteiger partial charge is 0.0277 e. The van der Waals surface area contributed by atoms with E-state index in [0.717, 1.165) is 12.3 Å². The van der Waals surface area contributed by atoms with Crippen LogP contribution in [-0.2, 0) is 19.3 Å². The van der Waals surface area contributed by atoms with Gasteiger partial charge >= 0.3 is 0 Å². The van der Waals surface area contributed by atoms with Crippen molar-refractivity contribution in [2.75, 3.05) is 5.88 Å². The van der Waals surface area contributed by atoms with Crippen LogP contribution in [-0.4, -0.2) is 5.88 Å². The van der Waals surface area contributed by atoms with Crippen molar-refractivity contribution in [3.8, 4) is 0 Å². The zero-order chi connectivity index (χ0) is 10.9. The third-order valence-electron chi connectivity index (χ3n) is 3.21. The Morgan fingerprint density at radius 2 is 1.93 bits per heavy atom. The maximum absolute atomic E-state index is 5.96. The van der Waals surface area contributed by atoms with Crippen LogP contribution in [0.2, 0.25) is 0 Å². The second kappa shape index (κ2) is 4.17. The van der Waals surface area contributed by atoms with Gasteiger partial charge in [-0.1, -0.05) is 32.0 Å². The number of hydrogen-bond donors (Lipinski definition) is 0. The Balaban J connectivity index is 2.17. The molecule has 0 nitrogen and oxygen atoms in total. The van der Waals surface area contributed by atoms with E-state index in [0.29, 0.717) is 0 Å². The van der Waals surface area contributed by atoms with Crippen LogP contribution >= 0.6 is 11.6 Å². The van der Waals surface area contributed by atoms with Gasteiger partial charge in [-0.2, -0.15) is 0 Å². The minimum atomic E-state index is 0.217. The highest BCUT2D eigenvalue weighted by molar-refractivity contribution is 6.18. The number of hydrogen-bond acceptors (Lipinski definition) is 0. The lowest BCUT2D eigenvalue weighted by Crippen LogP contribution is -2.16. The molecule has 0 aliphatic heterocycles. The van der Waals surface area contributed by atoms with Crippen LogP contribution in [0.3, 0.4) is 0 Å². The zero-order valence-electron chi connectivity index (χ0n) is 9.65. The predicted octanol–water partition coefficient (Wildman–Crippen LogP) is 3.98. The fourth-order valence-electron chi connectivity index (χ4n) is 2.33. The molecule has 1 aliphatic carbocycles. The minimum absolute atomic E-state index is 0.217. The molecule has 0 saturated heterocycles. The van der Waals surface area contributed by atoms with E-state index in [-0.39, 0.29) is 5.41 Å². The zero-order valence-corrected chi connectivity index (χ0v) is 10.4. The summed E-state index contributed by atoms with van der Waals surface area (Å²) in [6, 6.07) is 6.97. The fourth-order valence-corrected chi connectivity index (χ4v) is 2.43. The molecule has 1 aromatic carbocycles. The number of halogens is 1. The van der Waals surface area contributed by atoms with Gasteiger partial charge in [-0.05, 0) is 47.8 Å². The minimum Gasteiger partial charge on any atom is -0.126 e. The van der Waals surface area contributed by atoms with Gasteiger partial charge in [0.2, 0.25) is 0 Å². The summed E-state index contributed by atoms with van der Waals surface area (Å²) in [6.07, 6.45) is 4.96. The molecule has 1 aliphatic rings. The van der Waals surface area contributed by atoms with E-state index in [2.05, 4.69) is 32.0 Å². The highest BCUT2D eigenvalue weighted by Crippen LogP contribution is 2.27. The summed E-state index contributed by atoms with van der Waals surface area (Å²) in [5.74, 6) is 0.726. The molecule has 0 aromatic heterocycles. The topological polar surface area (TPSA) is 0 Å². The first-order valence-corrected chi connectivity index (χ1v) is 6.31. The van der Waals surface area contributed by atoms with Crippen molar-refractivity contribution in [2.24, 2.45) is 5.41 Å². The molecule has 0 atom stereocenters. The van der Waals surface area contributed by atoms with Crippen LogP contribution in [0.5, 0.6) is 0 Å². The van der Waals surface area contributed by atoms with E-state index in [1.807, 2.05) is 0 Å². The molecular formula is C14H19Cl. The number of alkyl halides is 1. The monoisotopic (exact) mass is 222 g/mol. The number of aryl methyl sites for hydroxylation is 2. The molecular weight excluding hydrogens is 204 g/mol. The van der Waals surface area contributed by atoms with E-state index in [1.54, 1.807) is 11.1 Å². The Morgan fingerprint density at radius 1 is 1.20 bits per heavy atom. The molecule has 0 spiro atoms. The molecule has 0 unspecified atom stereocenters. The van der Waals surface area contributed by atoms with Crippen molar-refractivity contribution in [1.29, 1.82) is 0 Å². The van der Waals surface area contributed by atoms with Crippen molar-refractivity contribution in [3.63, 3.8) is 0 Å². The summed E-state index contributed by atoms with van der Waals surface area (Å²) in [7, 11) is 0. The maximum Gasteiger partial charge on any atom is 0.0277 e. The summed E-state index contributed by atoms with van der Waals surface area (Å²) in [6.45, 7) is 4.46. The van der Waals surface area contributed by atoms with Crippen LogP contribution in [0.1, 0.15) is 37.0 Å². The molecule has 1 aromatic rings. The summed E-state index contributed by atoms with van der Waals surface area (Å²) in [4.78, 5) is 0. The van der Waals surface area contributed by atoms with Crippen LogP contribution in [0.4, 0.5) is 0 Å². The molecule has 15 heavy (non-hydrogen) atoms. The van der Waals surface area contributed by atoms with Gasteiger partial charge in [0.25, 0.3) is 0 Å². The summed E-state index contributed by atoms with van der Waals surface area (Å²) < 4.78 is 0. The van der Waals surface area contributed by atoms with Gasteiger partial charge in [0.05, 0.1) is 0 Å². The van der Waals surface area contributed by atoms with Crippen LogP contribution in [0.15, 0.2) is 18.2 Å². The Kier molecular flexibility index (Phi) is 3.06. The lowest BCUT2D eigenvalue weighted by molar-refractivity contribution is 0.418. The molecule has 0 saturated carbocycles. The number of benzene rings is 1. The Morgan fingerprint density at radius 3 is 2.67 bits per heavy atom. The Bertz CT molecular complexity index is 352. The van der Waals surface area contributed by atoms with E-state index in [9.17, 15) is 0 Å². The van der Waals surface area contributed by atoms with Crippen molar-refractivity contribution in [3.05, 3.63) is 34.9 Å². The predicted molar refractivity (Wildman–Crippen MR) is 66.7 cm³/mol. The molecule has 0 amide bonds. The van der Waals surface area contributed by atoms with E-state index >= 15 is 0 Å². The molecule has 0 fully saturated rings. The van der Waals surface area contributed by atoms with Crippen LogP contribution in [0.25, 0.3) is 0 Å². The average molecular weight is 223 g/mol. The summed E-state index contributed by atoms with van der Waals surface area (Å²) >= 11 is 5.96. The summed E-state index contributed by atoms with van der Waals surface area (Å²) in [5.41, 5.74) is 4.79. The summed E-state index contributed by atoms with van der Waals surface area (Å²) in [5, 5.41) is 0. The van der Waals surface area contributed by atoms with Gasteiger partial charge in [0.15, 0.2) is 0 Å². The van der Waals surface area contributed by atoms with Crippen molar-refractivity contribution in [2.45, 2.75) is 39.5 Å². The molecule has 0 bridgehead atoms. The van der Waals surface area contributed by atoms with Gasteiger partial charge in [0.1, 0.15) is 0 Å². The molecule has 2 rings (SSSR count). The maximum atomic E-state index is 5.96. The SMILES string of the molecule is CC(C)(CCl)Cc1ccc2c(c1)CCC2. The van der Waals surface area contributed by atoms with E-state index in [4.69, 9.17) is 11.6 Å². The molecule has 0 radical (unpaired) electrons. The first-order valence-electron chi connectivity index (χ1n) is 5.77. The van der Waals surface area contributed by atoms with Crippen LogP contribution in [0, 0.1) is 5.41 Å². The highest BCUT2D eigenvalue weighted by atomic mass is 35.5. The van der Waals surface area contributed by atoms with E-state index < -0.39 is 0 Å². The quantitative estimate of drug-likeness (QED) is 0.679. The third-order valence-corrected chi connectivity index (χ3v) is 3.93. The van der Waals surface area contributed by atoms with Crippen molar-refractivity contribution >= 4 is 11.6 Å². The average Bonchev–Trinajstić information content (AvgIpc) is 2.64. The Hall–Kier alpha value is -0.490. The Labute approximate surface area is 97.6 Å². The lowest BCUT2D eigenvalue weighted by Gasteiger charge is -2.21. The lowest BCUT2D eigenvalue weighted by atomic mass is 9.87. The fraction of sp³-hybridized carbons (Fsp3) is 0.571. The second-order valence-electron chi connectivity index (χ2n) is 5.43. The van der Waals surface area contributed by atoms with Crippen LogP contribution < -0.4 is 0 Å². The standard InChI is InChI=1S/C14H19Cl/c1-14(2,10-15)9-11-6-7-12-4-3-5-13(12)8-11/h6-8H,3-5,9-10H2,1-2H3. The second-order valence-corrected chi connectivity index (χ2v) is 5.70. The van der Waals surface area contributed by atoms with Gasteiger partial charge < -0.3 is 0 Å². The molecule has 1 heteroatoms. The normalized spacial score (nSPS) is 15.4. The molecule has 82 valence electrons. The van der Waals surface area contributed by atoms with Gasteiger partial charge in [0, 0.05) is 5.88 Å². The molecule has 0 N–H and O–H groups in total. The van der Waals surface area contributed by atoms with Crippen molar-refractivity contribution in [1.82, 2.24) is 0 Å². The first kappa shape index (κ1) is 11.0. The highest BCUT2D eigenvalue weighted by Gasteiger charge is 2.18. The van der Waals surface area contributed by atoms with Crippen molar-refractivity contribution < 1.29 is 0 Å². The van der Waals surface area contributed by atoms with Gasteiger partial charge in [-0.3, -0.25) is 0 Å².